The number of hydrazine groups is 1. The summed E-state index contributed by atoms with van der Waals surface area (Å²) in [6, 6.07) is 4.22. The highest BCUT2D eigenvalue weighted by atomic mass is 32.1. The minimum atomic E-state index is 0.527. The van der Waals surface area contributed by atoms with Crippen LogP contribution in [0.25, 0.3) is 11.1 Å². The molecule has 0 spiro atoms. The SMILES string of the molecule is CC(=CC(C)C)c1sccc1N(N)c1ccsc1C(C)=CC(C)C. The molecule has 2 N–H and O–H groups in total. The van der Waals surface area contributed by atoms with Crippen LogP contribution in [0, 0.1) is 11.8 Å². The van der Waals surface area contributed by atoms with Crippen molar-refractivity contribution >= 4 is 45.2 Å². The van der Waals surface area contributed by atoms with Gasteiger partial charge in [0.25, 0.3) is 0 Å². The van der Waals surface area contributed by atoms with E-state index in [1.165, 1.54) is 20.9 Å². The van der Waals surface area contributed by atoms with Crippen molar-refractivity contribution in [2.24, 2.45) is 17.7 Å². The molecule has 0 bridgehead atoms. The Labute approximate surface area is 154 Å². The molecule has 0 amide bonds. The summed E-state index contributed by atoms with van der Waals surface area (Å²) in [6.07, 6.45) is 4.59. The van der Waals surface area contributed by atoms with Gasteiger partial charge in [-0.05, 0) is 59.7 Å². The van der Waals surface area contributed by atoms with Crippen molar-refractivity contribution in [3.05, 3.63) is 44.8 Å². The van der Waals surface area contributed by atoms with Gasteiger partial charge in [-0.15, -0.1) is 22.7 Å². The van der Waals surface area contributed by atoms with Crippen LogP contribution in [0.1, 0.15) is 51.3 Å². The van der Waals surface area contributed by atoms with Gasteiger partial charge in [0.1, 0.15) is 0 Å². The van der Waals surface area contributed by atoms with Crippen LogP contribution in [0.2, 0.25) is 0 Å². The summed E-state index contributed by atoms with van der Waals surface area (Å²) in [5.74, 6) is 7.59. The fourth-order valence-corrected chi connectivity index (χ4v) is 4.60. The Hall–Kier alpha value is -1.36. The molecule has 2 aromatic rings. The second kappa shape index (κ2) is 8.15. The van der Waals surface area contributed by atoms with E-state index < -0.39 is 0 Å². The quantitative estimate of drug-likeness (QED) is 0.446. The summed E-state index contributed by atoms with van der Waals surface area (Å²) in [5.41, 5.74) is 4.73. The molecular formula is C20H28N2S2. The summed E-state index contributed by atoms with van der Waals surface area (Å²) in [5, 5.41) is 6.07. The van der Waals surface area contributed by atoms with Crippen LogP contribution in [0.5, 0.6) is 0 Å². The number of anilines is 2. The minimum absolute atomic E-state index is 0.527. The topological polar surface area (TPSA) is 29.3 Å². The normalized spacial score (nSPS) is 13.2. The molecule has 0 saturated heterocycles. The molecule has 130 valence electrons. The minimum Gasteiger partial charge on any atom is -0.277 e. The maximum absolute atomic E-state index is 6.54. The Balaban J connectivity index is 2.41. The fourth-order valence-electron chi connectivity index (χ4n) is 2.86. The van der Waals surface area contributed by atoms with Gasteiger partial charge in [0.15, 0.2) is 0 Å². The molecule has 24 heavy (non-hydrogen) atoms. The second-order valence-corrected chi connectivity index (χ2v) is 8.66. The van der Waals surface area contributed by atoms with Crippen molar-refractivity contribution in [1.82, 2.24) is 0 Å². The molecule has 2 heterocycles. The Morgan fingerprint density at radius 1 is 0.875 bits per heavy atom. The predicted octanol–water partition coefficient (Wildman–Crippen LogP) is 6.94. The van der Waals surface area contributed by atoms with E-state index in [0.717, 1.165) is 11.4 Å². The van der Waals surface area contributed by atoms with E-state index in [1.807, 2.05) is 5.01 Å². The lowest BCUT2D eigenvalue weighted by Crippen LogP contribution is -2.25. The van der Waals surface area contributed by atoms with Gasteiger partial charge in [0.05, 0.1) is 21.1 Å². The maximum Gasteiger partial charge on any atom is 0.0758 e. The molecule has 0 unspecified atom stereocenters. The summed E-state index contributed by atoms with van der Waals surface area (Å²) < 4.78 is 0. The second-order valence-electron chi connectivity index (χ2n) is 6.83. The van der Waals surface area contributed by atoms with Gasteiger partial charge in [0.2, 0.25) is 0 Å². The number of thiophene rings is 2. The Kier molecular flexibility index (Phi) is 6.44. The van der Waals surface area contributed by atoms with Crippen LogP contribution in [0.4, 0.5) is 11.4 Å². The van der Waals surface area contributed by atoms with Crippen LogP contribution < -0.4 is 10.9 Å². The van der Waals surface area contributed by atoms with Crippen molar-refractivity contribution < 1.29 is 0 Å². The van der Waals surface area contributed by atoms with Crippen LogP contribution in [-0.2, 0) is 0 Å². The zero-order valence-electron chi connectivity index (χ0n) is 15.5. The number of nitrogens with two attached hydrogens (primary N) is 1. The summed E-state index contributed by atoms with van der Waals surface area (Å²) in [4.78, 5) is 2.49. The zero-order valence-corrected chi connectivity index (χ0v) is 17.1. The van der Waals surface area contributed by atoms with E-state index >= 15 is 0 Å². The van der Waals surface area contributed by atoms with E-state index in [-0.39, 0.29) is 0 Å². The summed E-state index contributed by atoms with van der Waals surface area (Å²) in [6.45, 7) is 13.1. The lowest BCUT2D eigenvalue weighted by atomic mass is 10.1. The molecule has 0 aliphatic carbocycles. The highest BCUT2D eigenvalue weighted by Crippen LogP contribution is 2.39. The van der Waals surface area contributed by atoms with Crippen molar-refractivity contribution in [2.45, 2.75) is 41.5 Å². The van der Waals surface area contributed by atoms with Crippen LogP contribution in [0.15, 0.2) is 35.0 Å². The molecule has 0 aromatic carbocycles. The lowest BCUT2D eigenvalue weighted by Gasteiger charge is -2.20. The van der Waals surface area contributed by atoms with E-state index in [4.69, 9.17) is 5.84 Å². The molecular weight excluding hydrogens is 332 g/mol. The Morgan fingerprint density at radius 2 is 1.25 bits per heavy atom. The zero-order chi connectivity index (χ0) is 17.9. The number of rotatable bonds is 6. The van der Waals surface area contributed by atoms with Crippen molar-refractivity contribution in [3.63, 3.8) is 0 Å². The number of hydrogen-bond acceptors (Lipinski definition) is 4. The molecule has 0 fully saturated rings. The largest absolute Gasteiger partial charge is 0.277 e. The summed E-state index contributed by atoms with van der Waals surface area (Å²) in [7, 11) is 0. The van der Waals surface area contributed by atoms with Crippen molar-refractivity contribution in [2.75, 3.05) is 5.01 Å². The third-order valence-corrected chi connectivity index (χ3v) is 5.77. The highest BCUT2D eigenvalue weighted by molar-refractivity contribution is 7.12. The van der Waals surface area contributed by atoms with Gasteiger partial charge in [0, 0.05) is 0 Å². The standard InChI is InChI=1S/C20H28N2S2/c1-13(2)11-15(5)19-17(7-9-23-19)22(21)18-8-10-24-20(18)16(6)12-14(3)4/h7-14H,21H2,1-6H3. The number of allylic oxidation sites excluding steroid dienone is 4. The first-order valence-electron chi connectivity index (χ1n) is 8.38. The third-order valence-electron chi connectivity index (χ3n) is 3.69. The first-order valence-corrected chi connectivity index (χ1v) is 10.1. The highest BCUT2D eigenvalue weighted by Gasteiger charge is 2.17. The monoisotopic (exact) mass is 360 g/mol. The average Bonchev–Trinajstić information content (AvgIpc) is 3.14. The predicted molar refractivity (Wildman–Crippen MR) is 112 cm³/mol. The first kappa shape index (κ1) is 19.0. The Bertz CT molecular complexity index is 670. The van der Waals surface area contributed by atoms with Gasteiger partial charge in [-0.3, -0.25) is 5.01 Å². The smallest absolute Gasteiger partial charge is 0.0758 e. The molecule has 0 saturated carbocycles. The third kappa shape index (κ3) is 4.38. The molecule has 0 radical (unpaired) electrons. The van der Waals surface area contributed by atoms with Gasteiger partial charge < -0.3 is 0 Å². The van der Waals surface area contributed by atoms with Crippen LogP contribution in [0.3, 0.4) is 0 Å². The first-order chi connectivity index (χ1) is 11.3. The summed E-state index contributed by atoms with van der Waals surface area (Å²) >= 11 is 3.50. The van der Waals surface area contributed by atoms with Gasteiger partial charge in [-0.25, -0.2) is 5.84 Å². The molecule has 0 atom stereocenters. The van der Waals surface area contributed by atoms with E-state index in [0.29, 0.717) is 11.8 Å². The maximum atomic E-state index is 6.54. The van der Waals surface area contributed by atoms with Crippen molar-refractivity contribution in [3.8, 4) is 0 Å². The molecule has 0 aliphatic rings. The van der Waals surface area contributed by atoms with Crippen LogP contribution in [-0.4, -0.2) is 0 Å². The van der Waals surface area contributed by atoms with Crippen molar-refractivity contribution in [1.29, 1.82) is 0 Å². The lowest BCUT2D eigenvalue weighted by molar-refractivity contribution is 0.833. The fraction of sp³-hybridized carbons (Fsp3) is 0.400. The van der Waals surface area contributed by atoms with E-state index in [9.17, 15) is 0 Å². The van der Waals surface area contributed by atoms with Gasteiger partial charge in [-0.2, -0.15) is 0 Å². The Morgan fingerprint density at radius 3 is 1.58 bits per heavy atom. The van der Waals surface area contributed by atoms with E-state index in [1.54, 1.807) is 22.7 Å². The van der Waals surface area contributed by atoms with Crippen LogP contribution >= 0.6 is 22.7 Å². The average molecular weight is 361 g/mol. The molecule has 0 aliphatic heterocycles. The van der Waals surface area contributed by atoms with E-state index in [2.05, 4.69) is 76.6 Å². The van der Waals surface area contributed by atoms with Gasteiger partial charge >= 0.3 is 0 Å². The van der Waals surface area contributed by atoms with Gasteiger partial charge in [-0.1, -0.05) is 39.8 Å². The molecule has 4 heteroatoms. The number of nitrogens with zero attached hydrogens (tertiary/aromatic N) is 1. The number of hydrogen-bond donors (Lipinski definition) is 1. The molecule has 2 nitrogen and oxygen atoms in total. The molecule has 2 rings (SSSR count). The molecule has 2 aromatic heterocycles.